The van der Waals surface area contributed by atoms with E-state index >= 15 is 0 Å². The summed E-state index contributed by atoms with van der Waals surface area (Å²) in [6.07, 6.45) is 4.64. The fourth-order valence-electron chi connectivity index (χ4n) is 1.09. The largest absolute Gasteiger partial charge is 0.487 e. The van der Waals surface area contributed by atoms with Gasteiger partial charge in [-0.05, 0) is 24.6 Å². The van der Waals surface area contributed by atoms with Gasteiger partial charge in [-0.3, -0.25) is 0 Å². The van der Waals surface area contributed by atoms with Crippen molar-refractivity contribution in [2.75, 3.05) is 6.61 Å². The average Bonchev–Trinajstić information content (AvgIpc) is 2.35. The van der Waals surface area contributed by atoms with Gasteiger partial charge in [0.15, 0.2) is 0 Å². The summed E-state index contributed by atoms with van der Waals surface area (Å²) in [6, 6.07) is 9.47. The second kappa shape index (κ2) is 8.03. The van der Waals surface area contributed by atoms with Gasteiger partial charge in [-0.15, -0.1) is 0 Å². The highest BCUT2D eigenvalue weighted by atomic mass is 35.5. The van der Waals surface area contributed by atoms with E-state index in [9.17, 15) is 0 Å². The Kier molecular flexibility index (Phi) is 6.57. The zero-order valence-electron chi connectivity index (χ0n) is 9.62. The van der Waals surface area contributed by atoms with Gasteiger partial charge in [-0.2, -0.15) is 0 Å². The van der Waals surface area contributed by atoms with E-state index in [0.717, 1.165) is 12.2 Å². The molecule has 0 atom stereocenters. The molecule has 0 heterocycles. The van der Waals surface area contributed by atoms with Crippen LogP contribution in [-0.4, -0.2) is 6.61 Å². The van der Waals surface area contributed by atoms with E-state index in [1.54, 1.807) is 6.08 Å². The summed E-state index contributed by atoms with van der Waals surface area (Å²) in [5.41, 5.74) is 2.84. The standard InChI is InChI=1S/C14H14Cl2O/c1-2-3-7-12(15)10-13(16)11-17-14-8-5-4-6-9-14/h3-9H,2,11H2,1H3/b7-3-. The molecule has 3 heteroatoms. The number of rotatable bonds is 5. The van der Waals surface area contributed by atoms with E-state index in [4.69, 9.17) is 27.9 Å². The molecule has 1 aromatic rings. The molecule has 0 fully saturated rings. The van der Waals surface area contributed by atoms with Crippen molar-refractivity contribution in [2.24, 2.45) is 0 Å². The van der Waals surface area contributed by atoms with Crippen LogP contribution < -0.4 is 4.74 Å². The van der Waals surface area contributed by atoms with Crippen molar-refractivity contribution in [2.45, 2.75) is 13.3 Å². The van der Waals surface area contributed by atoms with Gasteiger partial charge < -0.3 is 4.74 Å². The van der Waals surface area contributed by atoms with Crippen LogP contribution in [0.5, 0.6) is 5.75 Å². The molecule has 1 rings (SSSR count). The fourth-order valence-corrected chi connectivity index (χ4v) is 1.50. The van der Waals surface area contributed by atoms with E-state index in [-0.39, 0.29) is 6.61 Å². The highest BCUT2D eigenvalue weighted by Gasteiger charge is 1.94. The third-order valence-corrected chi connectivity index (χ3v) is 2.29. The first kappa shape index (κ1) is 13.9. The maximum Gasteiger partial charge on any atom is 0.131 e. The molecule has 1 aromatic carbocycles. The number of hydrogen-bond donors (Lipinski definition) is 0. The normalized spacial score (nSPS) is 10.1. The smallest absolute Gasteiger partial charge is 0.131 e. The Balaban J connectivity index is 2.57. The summed E-state index contributed by atoms with van der Waals surface area (Å²) < 4.78 is 5.45. The average molecular weight is 269 g/mol. The van der Waals surface area contributed by atoms with E-state index in [0.29, 0.717) is 10.1 Å². The van der Waals surface area contributed by atoms with Crippen LogP contribution >= 0.6 is 23.2 Å². The molecule has 0 aliphatic rings. The molecule has 1 nitrogen and oxygen atoms in total. The summed E-state index contributed by atoms with van der Waals surface area (Å²) >= 11 is 11.8. The van der Waals surface area contributed by atoms with Crippen LogP contribution in [0.3, 0.4) is 0 Å². The Morgan fingerprint density at radius 2 is 2.00 bits per heavy atom. The van der Waals surface area contributed by atoms with Crippen LogP contribution in [0.2, 0.25) is 0 Å². The van der Waals surface area contributed by atoms with Gasteiger partial charge in [0.1, 0.15) is 12.4 Å². The molecule has 0 bridgehead atoms. The summed E-state index contributed by atoms with van der Waals surface area (Å²) in [7, 11) is 0. The maximum atomic E-state index is 5.95. The van der Waals surface area contributed by atoms with Gasteiger partial charge in [-0.1, -0.05) is 60.1 Å². The molecule has 0 amide bonds. The summed E-state index contributed by atoms with van der Waals surface area (Å²) in [6.45, 7) is 2.30. The van der Waals surface area contributed by atoms with E-state index in [2.05, 4.69) is 5.73 Å². The summed E-state index contributed by atoms with van der Waals surface area (Å²) in [5.74, 6) is 0.771. The van der Waals surface area contributed by atoms with Gasteiger partial charge in [0, 0.05) is 0 Å². The first-order valence-electron chi connectivity index (χ1n) is 5.37. The van der Waals surface area contributed by atoms with Crippen LogP contribution in [0.4, 0.5) is 0 Å². The molecule has 90 valence electrons. The maximum absolute atomic E-state index is 5.95. The Bertz CT molecular complexity index is 429. The third-order valence-electron chi connectivity index (χ3n) is 1.86. The van der Waals surface area contributed by atoms with Crippen LogP contribution in [0, 0.1) is 0 Å². The van der Waals surface area contributed by atoms with Crippen LogP contribution in [0.15, 0.2) is 58.3 Å². The monoisotopic (exact) mass is 268 g/mol. The quantitative estimate of drug-likeness (QED) is 0.547. The molecular weight excluding hydrogens is 255 g/mol. The molecule has 0 aliphatic carbocycles. The SMILES string of the molecule is CC/C=C\C(Cl)=C=C(Cl)COc1ccccc1. The molecule has 0 N–H and O–H groups in total. The number of hydrogen-bond acceptors (Lipinski definition) is 1. The van der Waals surface area contributed by atoms with Crippen molar-refractivity contribution in [3.05, 3.63) is 58.3 Å². The van der Waals surface area contributed by atoms with E-state index < -0.39 is 0 Å². The molecule has 0 aromatic heterocycles. The third kappa shape index (κ3) is 6.23. The lowest BCUT2D eigenvalue weighted by Gasteiger charge is -2.02. The highest BCUT2D eigenvalue weighted by molar-refractivity contribution is 6.33. The Morgan fingerprint density at radius 1 is 1.29 bits per heavy atom. The zero-order valence-corrected chi connectivity index (χ0v) is 11.1. The van der Waals surface area contributed by atoms with Crippen molar-refractivity contribution in [3.8, 4) is 5.75 Å². The molecule has 0 radical (unpaired) electrons. The molecule has 0 saturated carbocycles. The second-order valence-electron chi connectivity index (χ2n) is 3.29. The topological polar surface area (TPSA) is 9.23 Å². The van der Waals surface area contributed by atoms with Crippen molar-refractivity contribution >= 4 is 23.2 Å². The minimum absolute atomic E-state index is 0.266. The molecular formula is C14H14Cl2O. The molecule has 0 saturated heterocycles. The van der Waals surface area contributed by atoms with Crippen molar-refractivity contribution in [1.29, 1.82) is 0 Å². The van der Waals surface area contributed by atoms with Crippen molar-refractivity contribution < 1.29 is 4.74 Å². The zero-order chi connectivity index (χ0) is 12.5. The number of halogens is 2. The Morgan fingerprint density at radius 3 is 2.65 bits per heavy atom. The van der Waals surface area contributed by atoms with Gasteiger partial charge in [-0.25, -0.2) is 0 Å². The first-order valence-corrected chi connectivity index (χ1v) is 6.13. The Hall–Kier alpha value is -1.14. The lowest BCUT2D eigenvalue weighted by atomic mass is 10.3. The number of para-hydroxylation sites is 1. The van der Waals surface area contributed by atoms with Gasteiger partial charge in [0.05, 0.1) is 10.1 Å². The highest BCUT2D eigenvalue weighted by Crippen LogP contribution is 2.12. The number of benzene rings is 1. The minimum Gasteiger partial charge on any atom is -0.487 e. The van der Waals surface area contributed by atoms with Crippen LogP contribution in [0.1, 0.15) is 13.3 Å². The van der Waals surface area contributed by atoms with Gasteiger partial charge >= 0.3 is 0 Å². The number of ether oxygens (including phenoxy) is 1. The molecule has 0 aliphatic heterocycles. The lowest BCUT2D eigenvalue weighted by molar-refractivity contribution is 0.359. The predicted molar refractivity (Wildman–Crippen MR) is 73.6 cm³/mol. The van der Waals surface area contributed by atoms with Crippen molar-refractivity contribution in [3.63, 3.8) is 0 Å². The lowest BCUT2D eigenvalue weighted by Crippen LogP contribution is -1.95. The van der Waals surface area contributed by atoms with Crippen LogP contribution in [-0.2, 0) is 0 Å². The molecule has 0 spiro atoms. The second-order valence-corrected chi connectivity index (χ2v) is 4.15. The van der Waals surface area contributed by atoms with E-state index in [1.807, 2.05) is 43.3 Å². The molecule has 17 heavy (non-hydrogen) atoms. The van der Waals surface area contributed by atoms with Gasteiger partial charge in [0.2, 0.25) is 0 Å². The first-order chi connectivity index (χ1) is 8.22. The summed E-state index contributed by atoms with van der Waals surface area (Å²) in [4.78, 5) is 0. The minimum atomic E-state index is 0.266. The summed E-state index contributed by atoms with van der Waals surface area (Å²) in [5, 5.41) is 0.924. The molecule has 0 unspecified atom stereocenters. The van der Waals surface area contributed by atoms with Crippen molar-refractivity contribution in [1.82, 2.24) is 0 Å². The van der Waals surface area contributed by atoms with Crippen LogP contribution in [0.25, 0.3) is 0 Å². The Labute approximate surface area is 112 Å². The number of allylic oxidation sites excluding steroid dienone is 2. The van der Waals surface area contributed by atoms with Gasteiger partial charge in [0.25, 0.3) is 0 Å². The fraction of sp³-hybridized carbons (Fsp3) is 0.214. The predicted octanol–water partition coefficient (Wildman–Crippen LogP) is 4.88. The van der Waals surface area contributed by atoms with E-state index in [1.165, 1.54) is 0 Å².